The van der Waals surface area contributed by atoms with Crippen LogP contribution in [0.3, 0.4) is 0 Å². The SMILES string of the molecule is CN(CC1CCCN(CCc2ccc(Cl)cc2)C1)C(=O)CCC(=O)c1ccccc1. The van der Waals surface area contributed by atoms with Gasteiger partial charge in [0.15, 0.2) is 5.78 Å². The van der Waals surface area contributed by atoms with Crippen molar-refractivity contribution in [1.29, 1.82) is 0 Å². The van der Waals surface area contributed by atoms with Gasteiger partial charge in [0.2, 0.25) is 5.91 Å². The summed E-state index contributed by atoms with van der Waals surface area (Å²) in [5.41, 5.74) is 1.98. The molecule has 0 saturated carbocycles. The number of nitrogens with zero attached hydrogens (tertiary/aromatic N) is 2. The van der Waals surface area contributed by atoms with E-state index in [0.717, 1.165) is 44.0 Å². The number of benzene rings is 2. The van der Waals surface area contributed by atoms with Gasteiger partial charge in [0, 0.05) is 50.1 Å². The van der Waals surface area contributed by atoms with Gasteiger partial charge in [-0.2, -0.15) is 0 Å². The van der Waals surface area contributed by atoms with Crippen molar-refractivity contribution < 1.29 is 9.59 Å². The number of hydrogen-bond acceptors (Lipinski definition) is 3. The van der Waals surface area contributed by atoms with Gasteiger partial charge in [-0.25, -0.2) is 0 Å². The first-order valence-electron chi connectivity index (χ1n) is 10.8. The van der Waals surface area contributed by atoms with Gasteiger partial charge in [-0.05, 0) is 49.4 Å². The Hall–Kier alpha value is -2.17. The van der Waals surface area contributed by atoms with Crippen molar-refractivity contribution >= 4 is 23.3 Å². The number of likely N-dealkylation sites (tertiary alicyclic amines) is 1. The fourth-order valence-electron chi connectivity index (χ4n) is 4.11. The zero-order chi connectivity index (χ0) is 21.3. The molecule has 1 aliphatic rings. The van der Waals surface area contributed by atoms with E-state index in [-0.39, 0.29) is 24.5 Å². The lowest BCUT2D eigenvalue weighted by molar-refractivity contribution is -0.130. The van der Waals surface area contributed by atoms with Gasteiger partial charge >= 0.3 is 0 Å². The second-order valence-electron chi connectivity index (χ2n) is 8.25. The molecule has 1 atom stereocenters. The number of ketones is 1. The van der Waals surface area contributed by atoms with Crippen LogP contribution in [0, 0.1) is 5.92 Å². The second-order valence-corrected chi connectivity index (χ2v) is 8.69. The summed E-state index contributed by atoms with van der Waals surface area (Å²) in [7, 11) is 1.86. The molecule has 1 amide bonds. The van der Waals surface area contributed by atoms with Gasteiger partial charge in [-0.15, -0.1) is 0 Å². The summed E-state index contributed by atoms with van der Waals surface area (Å²) in [5.74, 6) is 0.573. The van der Waals surface area contributed by atoms with Crippen molar-refractivity contribution in [3.8, 4) is 0 Å². The summed E-state index contributed by atoms with van der Waals surface area (Å²) in [4.78, 5) is 29.1. The predicted octanol–water partition coefficient (Wildman–Crippen LogP) is 4.72. The molecular formula is C25H31ClN2O2. The molecule has 0 aliphatic carbocycles. The Labute approximate surface area is 184 Å². The summed E-state index contributed by atoms with van der Waals surface area (Å²) < 4.78 is 0. The highest BCUT2D eigenvalue weighted by atomic mass is 35.5. The smallest absolute Gasteiger partial charge is 0.222 e. The highest BCUT2D eigenvalue weighted by Crippen LogP contribution is 2.19. The Bertz CT molecular complexity index is 823. The van der Waals surface area contributed by atoms with Crippen molar-refractivity contribution in [3.63, 3.8) is 0 Å². The standard InChI is InChI=1S/C25H31ClN2O2/c1-27(25(30)14-13-24(29)22-7-3-2-4-8-22)18-21-6-5-16-28(19-21)17-15-20-9-11-23(26)12-10-20/h2-4,7-12,21H,5-6,13-19H2,1H3. The maximum atomic E-state index is 12.5. The van der Waals surface area contributed by atoms with E-state index < -0.39 is 0 Å². The first-order chi connectivity index (χ1) is 14.5. The van der Waals surface area contributed by atoms with Crippen LogP contribution in [0.1, 0.15) is 41.6 Å². The van der Waals surface area contributed by atoms with Crippen molar-refractivity contribution in [2.45, 2.75) is 32.1 Å². The molecule has 0 bridgehead atoms. The van der Waals surface area contributed by atoms with E-state index in [0.29, 0.717) is 11.5 Å². The minimum Gasteiger partial charge on any atom is -0.345 e. The minimum absolute atomic E-state index is 0.0309. The van der Waals surface area contributed by atoms with Crippen LogP contribution in [0.5, 0.6) is 0 Å². The molecule has 1 unspecified atom stereocenters. The average Bonchev–Trinajstić information content (AvgIpc) is 2.77. The van der Waals surface area contributed by atoms with Crippen molar-refractivity contribution in [2.75, 3.05) is 33.2 Å². The van der Waals surface area contributed by atoms with Crippen LogP contribution in [-0.4, -0.2) is 54.7 Å². The summed E-state index contributed by atoms with van der Waals surface area (Å²) in [5, 5.41) is 0.773. The van der Waals surface area contributed by atoms with Crippen LogP contribution < -0.4 is 0 Å². The van der Waals surface area contributed by atoms with E-state index in [1.807, 2.05) is 42.3 Å². The van der Waals surface area contributed by atoms with Crippen LogP contribution in [0.25, 0.3) is 0 Å². The number of piperidine rings is 1. The number of carbonyl (C=O) groups is 2. The molecular weight excluding hydrogens is 396 g/mol. The largest absolute Gasteiger partial charge is 0.345 e. The zero-order valence-electron chi connectivity index (χ0n) is 17.7. The van der Waals surface area contributed by atoms with E-state index in [1.54, 1.807) is 12.1 Å². The first-order valence-corrected chi connectivity index (χ1v) is 11.2. The van der Waals surface area contributed by atoms with Crippen LogP contribution >= 0.6 is 11.6 Å². The van der Waals surface area contributed by atoms with Crippen LogP contribution in [0.2, 0.25) is 5.02 Å². The minimum atomic E-state index is 0.0309. The molecule has 1 heterocycles. The maximum absolute atomic E-state index is 12.5. The summed E-state index contributed by atoms with van der Waals surface area (Å²) in [6.45, 7) is 3.93. The fourth-order valence-corrected chi connectivity index (χ4v) is 4.24. The monoisotopic (exact) mass is 426 g/mol. The molecule has 5 heteroatoms. The number of amides is 1. The molecule has 1 saturated heterocycles. The van der Waals surface area contributed by atoms with Crippen LogP contribution in [0.15, 0.2) is 54.6 Å². The van der Waals surface area contributed by atoms with E-state index in [4.69, 9.17) is 11.6 Å². The number of halogens is 1. The van der Waals surface area contributed by atoms with Crippen molar-refractivity contribution in [3.05, 3.63) is 70.7 Å². The van der Waals surface area contributed by atoms with Crippen LogP contribution in [-0.2, 0) is 11.2 Å². The molecule has 0 spiro atoms. The number of Topliss-reactive ketones (excluding diaryl/α,β-unsaturated/α-hetero) is 1. The van der Waals surface area contributed by atoms with Gasteiger partial charge in [0.05, 0.1) is 0 Å². The average molecular weight is 427 g/mol. The Kier molecular flexibility index (Phi) is 8.47. The predicted molar refractivity (Wildman–Crippen MR) is 122 cm³/mol. The van der Waals surface area contributed by atoms with E-state index in [2.05, 4.69) is 17.0 Å². The van der Waals surface area contributed by atoms with Crippen molar-refractivity contribution in [2.24, 2.45) is 5.92 Å². The Morgan fingerprint density at radius 1 is 1.07 bits per heavy atom. The Balaban J connectivity index is 1.40. The quantitative estimate of drug-likeness (QED) is 0.545. The highest BCUT2D eigenvalue weighted by molar-refractivity contribution is 6.30. The second kappa shape index (κ2) is 11.3. The molecule has 3 rings (SSSR count). The van der Waals surface area contributed by atoms with Gasteiger partial charge in [-0.3, -0.25) is 9.59 Å². The van der Waals surface area contributed by atoms with Gasteiger partial charge in [0.25, 0.3) is 0 Å². The fraction of sp³-hybridized carbons (Fsp3) is 0.440. The number of hydrogen-bond donors (Lipinski definition) is 0. The maximum Gasteiger partial charge on any atom is 0.222 e. The van der Waals surface area contributed by atoms with Crippen LogP contribution in [0.4, 0.5) is 0 Å². The molecule has 0 aromatic heterocycles. The van der Waals surface area contributed by atoms with E-state index >= 15 is 0 Å². The molecule has 1 fully saturated rings. The Morgan fingerprint density at radius 2 is 1.80 bits per heavy atom. The topological polar surface area (TPSA) is 40.6 Å². The normalized spacial score (nSPS) is 16.9. The van der Waals surface area contributed by atoms with E-state index in [9.17, 15) is 9.59 Å². The molecule has 160 valence electrons. The summed E-state index contributed by atoms with van der Waals surface area (Å²) in [6, 6.07) is 17.3. The third-order valence-corrected chi connectivity index (χ3v) is 6.10. The molecule has 2 aromatic rings. The van der Waals surface area contributed by atoms with Gasteiger partial charge < -0.3 is 9.80 Å². The summed E-state index contributed by atoms with van der Waals surface area (Å²) >= 11 is 5.96. The van der Waals surface area contributed by atoms with Crippen molar-refractivity contribution in [1.82, 2.24) is 9.80 Å². The molecule has 2 aromatic carbocycles. The van der Waals surface area contributed by atoms with Gasteiger partial charge in [0.1, 0.15) is 0 Å². The summed E-state index contributed by atoms with van der Waals surface area (Å²) in [6.07, 6.45) is 3.88. The third kappa shape index (κ3) is 6.96. The third-order valence-electron chi connectivity index (χ3n) is 5.85. The zero-order valence-corrected chi connectivity index (χ0v) is 18.5. The molecule has 30 heavy (non-hydrogen) atoms. The molecule has 0 radical (unpaired) electrons. The first kappa shape index (κ1) is 22.5. The number of carbonyl (C=O) groups excluding carboxylic acids is 2. The number of rotatable bonds is 9. The lowest BCUT2D eigenvalue weighted by Gasteiger charge is -2.34. The molecule has 0 N–H and O–H groups in total. The molecule has 4 nitrogen and oxygen atoms in total. The Morgan fingerprint density at radius 3 is 2.53 bits per heavy atom. The lowest BCUT2D eigenvalue weighted by atomic mass is 9.96. The van der Waals surface area contributed by atoms with Gasteiger partial charge in [-0.1, -0.05) is 54.1 Å². The highest BCUT2D eigenvalue weighted by Gasteiger charge is 2.23. The lowest BCUT2D eigenvalue weighted by Crippen LogP contribution is -2.42. The van der Waals surface area contributed by atoms with E-state index in [1.165, 1.54) is 12.0 Å². The molecule has 1 aliphatic heterocycles.